The van der Waals surface area contributed by atoms with Crippen molar-refractivity contribution in [2.45, 2.75) is 6.18 Å². The highest BCUT2D eigenvalue weighted by Gasteiger charge is 2.38. The summed E-state index contributed by atoms with van der Waals surface area (Å²) in [6.07, 6.45) is -1.33. The molecule has 3 heterocycles. The standard InChI is InChI=1S/C25H26N6O.C2HF3O2/c1-30-13-11-24(29-30)22-4-2-3-5-23(22)27-20-10-12-26-25(18-20)28-19-6-8-21(9-7-19)31-14-16-32-17-15-31;3-2(4,5)1(6)7/h2-13,18H,14-17H2,1H3,(H2,26,27,28);(H,6,7). The third kappa shape index (κ3) is 7.71. The minimum absolute atomic E-state index is 0.782. The highest BCUT2D eigenvalue weighted by Crippen LogP contribution is 2.30. The second kappa shape index (κ2) is 12.3. The molecule has 39 heavy (non-hydrogen) atoms. The van der Waals surface area contributed by atoms with Crippen LogP contribution in [0, 0.1) is 0 Å². The highest BCUT2D eigenvalue weighted by molar-refractivity contribution is 5.79. The van der Waals surface area contributed by atoms with Gasteiger partial charge >= 0.3 is 12.1 Å². The zero-order valence-corrected chi connectivity index (χ0v) is 21.0. The van der Waals surface area contributed by atoms with Gasteiger partial charge in [-0.25, -0.2) is 9.78 Å². The SMILES string of the molecule is Cn1ccc(-c2ccccc2Nc2ccnc(Nc3ccc(N4CCOCC4)cc3)c2)n1.O=C(O)C(F)(F)F. The Kier molecular flexibility index (Phi) is 8.67. The Balaban J connectivity index is 0.000000448. The van der Waals surface area contributed by atoms with Gasteiger partial charge in [0.25, 0.3) is 0 Å². The zero-order valence-electron chi connectivity index (χ0n) is 21.0. The van der Waals surface area contributed by atoms with Crippen molar-refractivity contribution in [1.29, 1.82) is 0 Å². The minimum Gasteiger partial charge on any atom is -0.475 e. The molecule has 1 aliphatic rings. The third-order valence-corrected chi connectivity index (χ3v) is 5.71. The van der Waals surface area contributed by atoms with E-state index in [2.05, 4.69) is 62.0 Å². The number of carboxylic acid groups (broad SMARTS) is 1. The van der Waals surface area contributed by atoms with Crippen molar-refractivity contribution in [1.82, 2.24) is 14.8 Å². The van der Waals surface area contributed by atoms with Crippen LogP contribution < -0.4 is 15.5 Å². The Bertz CT molecular complexity index is 1390. The fourth-order valence-electron chi connectivity index (χ4n) is 3.83. The average Bonchev–Trinajstić information content (AvgIpc) is 3.36. The van der Waals surface area contributed by atoms with Gasteiger partial charge in [-0.1, -0.05) is 18.2 Å². The van der Waals surface area contributed by atoms with Crippen molar-refractivity contribution >= 4 is 34.5 Å². The Morgan fingerprint density at radius 1 is 0.974 bits per heavy atom. The number of alkyl halides is 3. The highest BCUT2D eigenvalue weighted by atomic mass is 19.4. The Labute approximate surface area is 222 Å². The molecular weight excluding hydrogens is 513 g/mol. The van der Waals surface area contributed by atoms with E-state index in [4.69, 9.17) is 14.6 Å². The molecule has 2 aromatic heterocycles. The number of aryl methyl sites for hydroxylation is 1. The number of pyridine rings is 1. The van der Waals surface area contributed by atoms with Crippen molar-refractivity contribution < 1.29 is 27.8 Å². The van der Waals surface area contributed by atoms with Crippen molar-refractivity contribution in [3.8, 4) is 11.3 Å². The Morgan fingerprint density at radius 3 is 2.31 bits per heavy atom. The number of para-hydroxylation sites is 1. The maximum absolute atomic E-state index is 10.6. The molecule has 0 unspecified atom stereocenters. The molecule has 0 spiro atoms. The molecule has 0 aliphatic carbocycles. The van der Waals surface area contributed by atoms with Crippen LogP contribution in [-0.4, -0.2) is 58.3 Å². The lowest BCUT2D eigenvalue weighted by molar-refractivity contribution is -0.192. The predicted molar refractivity (Wildman–Crippen MR) is 143 cm³/mol. The molecule has 1 fully saturated rings. The summed E-state index contributed by atoms with van der Waals surface area (Å²) in [5, 5.41) is 18.6. The summed E-state index contributed by atoms with van der Waals surface area (Å²) in [7, 11) is 1.92. The minimum atomic E-state index is -5.08. The molecule has 0 amide bonds. The van der Waals surface area contributed by atoms with Crippen LogP contribution >= 0.6 is 0 Å². The van der Waals surface area contributed by atoms with Gasteiger partial charge in [0.15, 0.2) is 0 Å². The fourth-order valence-corrected chi connectivity index (χ4v) is 3.83. The van der Waals surface area contributed by atoms with Crippen LogP contribution in [0.4, 0.5) is 41.7 Å². The van der Waals surface area contributed by atoms with Crippen molar-refractivity contribution in [2.75, 3.05) is 41.8 Å². The maximum atomic E-state index is 10.6. The second-order valence-electron chi connectivity index (χ2n) is 8.55. The van der Waals surface area contributed by atoms with Crippen LogP contribution in [0.5, 0.6) is 0 Å². The number of hydrogen-bond donors (Lipinski definition) is 3. The molecule has 1 saturated heterocycles. The molecule has 4 aromatic rings. The first-order valence-electron chi connectivity index (χ1n) is 12.0. The van der Waals surface area contributed by atoms with E-state index in [0.717, 1.165) is 60.4 Å². The van der Waals surface area contributed by atoms with Gasteiger partial charge in [0.05, 0.1) is 18.9 Å². The lowest BCUT2D eigenvalue weighted by Crippen LogP contribution is -2.36. The van der Waals surface area contributed by atoms with Crippen LogP contribution in [0.25, 0.3) is 11.3 Å². The number of hydrogen-bond acceptors (Lipinski definition) is 7. The normalized spacial score (nSPS) is 13.3. The molecule has 0 atom stereocenters. The second-order valence-corrected chi connectivity index (χ2v) is 8.55. The number of carboxylic acids is 1. The van der Waals surface area contributed by atoms with Crippen molar-refractivity contribution in [3.05, 3.63) is 79.1 Å². The molecule has 9 nitrogen and oxygen atoms in total. The van der Waals surface area contributed by atoms with Crippen LogP contribution in [0.2, 0.25) is 0 Å². The van der Waals surface area contributed by atoms with Crippen LogP contribution in [0.15, 0.2) is 79.1 Å². The quantitative estimate of drug-likeness (QED) is 0.297. The number of morpholine rings is 1. The van der Waals surface area contributed by atoms with E-state index in [9.17, 15) is 13.2 Å². The summed E-state index contributed by atoms with van der Waals surface area (Å²) in [5.41, 5.74) is 6.16. The Hall–Kier alpha value is -4.58. The number of rotatable bonds is 6. The number of benzene rings is 2. The van der Waals surface area contributed by atoms with Crippen molar-refractivity contribution in [3.63, 3.8) is 0 Å². The maximum Gasteiger partial charge on any atom is 0.490 e. The van der Waals surface area contributed by atoms with E-state index in [1.165, 1.54) is 5.69 Å². The number of anilines is 5. The van der Waals surface area contributed by atoms with Crippen LogP contribution in [0.3, 0.4) is 0 Å². The molecule has 0 bridgehead atoms. The van der Waals surface area contributed by atoms with Gasteiger partial charge in [-0.2, -0.15) is 18.3 Å². The first-order valence-corrected chi connectivity index (χ1v) is 12.0. The van der Waals surface area contributed by atoms with Gasteiger partial charge in [0, 0.05) is 66.9 Å². The first-order chi connectivity index (χ1) is 18.7. The van der Waals surface area contributed by atoms with E-state index in [1.54, 1.807) is 6.20 Å². The molecule has 0 saturated carbocycles. The van der Waals surface area contributed by atoms with E-state index in [1.807, 2.05) is 48.3 Å². The molecule has 12 heteroatoms. The van der Waals surface area contributed by atoms with E-state index >= 15 is 0 Å². The summed E-state index contributed by atoms with van der Waals surface area (Å²) in [6, 6.07) is 22.6. The third-order valence-electron chi connectivity index (χ3n) is 5.71. The Morgan fingerprint density at radius 2 is 1.67 bits per heavy atom. The van der Waals surface area contributed by atoms with Gasteiger partial charge in [-0.15, -0.1) is 0 Å². The number of aliphatic carboxylic acids is 1. The van der Waals surface area contributed by atoms with Crippen LogP contribution in [0.1, 0.15) is 0 Å². The number of halogens is 3. The van der Waals surface area contributed by atoms with Gasteiger partial charge in [-0.3, -0.25) is 4.68 Å². The summed E-state index contributed by atoms with van der Waals surface area (Å²) >= 11 is 0. The smallest absolute Gasteiger partial charge is 0.475 e. The molecule has 2 aromatic carbocycles. The van der Waals surface area contributed by atoms with E-state index in [-0.39, 0.29) is 0 Å². The lowest BCUT2D eigenvalue weighted by atomic mass is 10.1. The molecule has 0 radical (unpaired) electrons. The predicted octanol–water partition coefficient (Wildman–Crippen LogP) is 5.44. The van der Waals surface area contributed by atoms with Gasteiger partial charge in [0.1, 0.15) is 5.82 Å². The van der Waals surface area contributed by atoms with Gasteiger partial charge in [0.2, 0.25) is 0 Å². The number of nitrogens with one attached hydrogen (secondary N) is 2. The summed E-state index contributed by atoms with van der Waals surface area (Å²) in [4.78, 5) is 15.7. The largest absolute Gasteiger partial charge is 0.490 e. The molecule has 5 rings (SSSR count). The summed E-state index contributed by atoms with van der Waals surface area (Å²) < 4.78 is 39.0. The van der Waals surface area contributed by atoms with Crippen molar-refractivity contribution in [2.24, 2.45) is 7.05 Å². The fraction of sp³-hybridized carbons (Fsp3) is 0.222. The van der Waals surface area contributed by atoms with E-state index < -0.39 is 12.1 Å². The first kappa shape index (κ1) is 27.5. The van der Waals surface area contributed by atoms with Crippen LogP contribution in [-0.2, 0) is 16.6 Å². The number of carbonyl (C=O) groups is 1. The van der Waals surface area contributed by atoms with E-state index in [0.29, 0.717) is 0 Å². The molecule has 1 aliphatic heterocycles. The number of ether oxygens (including phenoxy) is 1. The summed E-state index contributed by atoms with van der Waals surface area (Å²) in [6.45, 7) is 3.43. The topological polar surface area (TPSA) is 105 Å². The number of nitrogens with zero attached hydrogens (tertiary/aromatic N) is 4. The van der Waals surface area contributed by atoms with Gasteiger partial charge in [-0.05, 0) is 42.5 Å². The van der Waals surface area contributed by atoms with Gasteiger partial charge < -0.3 is 25.4 Å². The summed E-state index contributed by atoms with van der Waals surface area (Å²) in [5.74, 6) is -1.98. The average molecular weight is 541 g/mol. The molecule has 204 valence electrons. The monoisotopic (exact) mass is 540 g/mol. The lowest BCUT2D eigenvalue weighted by Gasteiger charge is -2.28. The number of aromatic nitrogens is 3. The molecule has 3 N–H and O–H groups in total. The zero-order chi connectivity index (χ0) is 27.8. The molecular formula is C27H27F3N6O3.